The number of nitrogens with two attached hydrogens (primary N) is 1. The van der Waals surface area contributed by atoms with E-state index in [2.05, 4.69) is 12.2 Å². The molecule has 0 aromatic carbocycles. The minimum absolute atomic E-state index is 0. The molecule has 0 radical (unpaired) electrons. The molecule has 0 bridgehead atoms. The standard InChI is InChI=1S/C12H24N2OS.ClH/c1-3-4-7-16-9(2)12(15)14-11(8-13)10-5-6-10;/h9-11H,3-8,13H2,1-2H3,(H,14,15);1H. The first kappa shape index (κ1) is 17.1. The molecule has 2 unspecified atom stereocenters. The van der Waals surface area contributed by atoms with Crippen molar-refractivity contribution in [3.63, 3.8) is 0 Å². The Kier molecular flexibility index (Phi) is 9.10. The fourth-order valence-corrected chi connectivity index (χ4v) is 2.68. The van der Waals surface area contributed by atoms with Crippen LogP contribution >= 0.6 is 24.2 Å². The molecule has 1 rings (SSSR count). The summed E-state index contributed by atoms with van der Waals surface area (Å²) >= 11 is 1.74. The Hall–Kier alpha value is 0.0700. The van der Waals surface area contributed by atoms with Crippen LogP contribution in [0.15, 0.2) is 0 Å². The first-order valence-corrected chi connectivity index (χ1v) is 7.36. The Morgan fingerprint density at radius 3 is 2.65 bits per heavy atom. The van der Waals surface area contributed by atoms with Crippen LogP contribution in [0.2, 0.25) is 0 Å². The average molecular weight is 281 g/mol. The molecule has 0 heterocycles. The van der Waals surface area contributed by atoms with Crippen LogP contribution in [-0.4, -0.2) is 29.5 Å². The third-order valence-electron chi connectivity index (χ3n) is 3.01. The maximum absolute atomic E-state index is 11.9. The van der Waals surface area contributed by atoms with Crippen LogP contribution < -0.4 is 11.1 Å². The molecule has 0 aromatic heterocycles. The van der Waals surface area contributed by atoms with Gasteiger partial charge in [-0.15, -0.1) is 24.2 Å². The zero-order valence-electron chi connectivity index (χ0n) is 10.8. The summed E-state index contributed by atoms with van der Waals surface area (Å²) in [5.74, 6) is 1.87. The van der Waals surface area contributed by atoms with Crippen molar-refractivity contribution in [2.24, 2.45) is 11.7 Å². The summed E-state index contributed by atoms with van der Waals surface area (Å²) in [5.41, 5.74) is 5.66. The quantitative estimate of drug-likeness (QED) is 0.670. The van der Waals surface area contributed by atoms with Gasteiger partial charge in [-0.05, 0) is 37.9 Å². The number of carbonyl (C=O) groups excluding carboxylic acids is 1. The SMILES string of the molecule is CCCCSC(C)C(=O)NC(CN)C1CC1.Cl. The summed E-state index contributed by atoms with van der Waals surface area (Å²) in [4.78, 5) is 11.9. The van der Waals surface area contributed by atoms with Crippen molar-refractivity contribution in [3.05, 3.63) is 0 Å². The predicted octanol–water partition coefficient (Wildman–Crippen LogP) is 2.18. The molecule has 1 fully saturated rings. The van der Waals surface area contributed by atoms with Crippen molar-refractivity contribution < 1.29 is 4.79 Å². The van der Waals surface area contributed by atoms with Crippen molar-refractivity contribution in [1.82, 2.24) is 5.32 Å². The van der Waals surface area contributed by atoms with E-state index in [1.807, 2.05) is 6.92 Å². The number of unbranched alkanes of at least 4 members (excludes halogenated alkanes) is 1. The average Bonchev–Trinajstić information content (AvgIpc) is 3.09. The number of hydrogen-bond donors (Lipinski definition) is 2. The molecule has 1 amide bonds. The number of amides is 1. The molecule has 1 aliphatic rings. The highest BCUT2D eigenvalue weighted by Crippen LogP contribution is 2.32. The van der Waals surface area contributed by atoms with Gasteiger partial charge in [0.25, 0.3) is 0 Å². The molecule has 3 N–H and O–H groups in total. The van der Waals surface area contributed by atoms with E-state index in [0.29, 0.717) is 12.5 Å². The number of halogens is 1. The van der Waals surface area contributed by atoms with Crippen molar-refractivity contribution in [1.29, 1.82) is 0 Å². The van der Waals surface area contributed by atoms with E-state index in [1.165, 1.54) is 25.7 Å². The van der Waals surface area contributed by atoms with E-state index in [4.69, 9.17) is 5.73 Å². The zero-order chi connectivity index (χ0) is 12.0. The van der Waals surface area contributed by atoms with Crippen LogP contribution in [0.5, 0.6) is 0 Å². The van der Waals surface area contributed by atoms with E-state index in [1.54, 1.807) is 11.8 Å². The van der Waals surface area contributed by atoms with Crippen LogP contribution in [0.3, 0.4) is 0 Å². The van der Waals surface area contributed by atoms with Crippen LogP contribution in [0, 0.1) is 5.92 Å². The largest absolute Gasteiger partial charge is 0.351 e. The highest BCUT2D eigenvalue weighted by molar-refractivity contribution is 8.00. The molecule has 2 atom stereocenters. The molecule has 3 nitrogen and oxygen atoms in total. The molecular formula is C12H25ClN2OS. The van der Waals surface area contributed by atoms with Gasteiger partial charge in [0.15, 0.2) is 0 Å². The Bertz CT molecular complexity index is 225. The maximum atomic E-state index is 11.9. The van der Waals surface area contributed by atoms with Crippen LogP contribution in [0.1, 0.15) is 39.5 Å². The monoisotopic (exact) mass is 280 g/mol. The van der Waals surface area contributed by atoms with E-state index in [-0.39, 0.29) is 29.6 Å². The van der Waals surface area contributed by atoms with Crippen molar-refractivity contribution >= 4 is 30.1 Å². The second-order valence-electron chi connectivity index (χ2n) is 4.55. The Morgan fingerprint density at radius 2 is 2.18 bits per heavy atom. The second-order valence-corrected chi connectivity index (χ2v) is 6.00. The van der Waals surface area contributed by atoms with Gasteiger partial charge < -0.3 is 11.1 Å². The number of rotatable bonds is 8. The molecule has 17 heavy (non-hydrogen) atoms. The van der Waals surface area contributed by atoms with Crippen LogP contribution in [0.25, 0.3) is 0 Å². The minimum atomic E-state index is 0. The fourth-order valence-electron chi connectivity index (χ4n) is 1.65. The Labute approximate surface area is 115 Å². The summed E-state index contributed by atoms with van der Waals surface area (Å²) in [6.45, 7) is 4.72. The van der Waals surface area contributed by atoms with Gasteiger partial charge in [0.05, 0.1) is 5.25 Å². The van der Waals surface area contributed by atoms with Gasteiger partial charge in [-0.2, -0.15) is 0 Å². The van der Waals surface area contributed by atoms with Crippen molar-refractivity contribution in [3.8, 4) is 0 Å². The van der Waals surface area contributed by atoms with E-state index >= 15 is 0 Å². The van der Waals surface area contributed by atoms with Gasteiger partial charge in [0.2, 0.25) is 5.91 Å². The molecule has 0 saturated heterocycles. The summed E-state index contributed by atoms with van der Waals surface area (Å²) in [5, 5.41) is 3.13. The van der Waals surface area contributed by atoms with Gasteiger partial charge in [-0.3, -0.25) is 4.79 Å². The minimum Gasteiger partial charge on any atom is -0.351 e. The molecule has 102 valence electrons. The molecule has 0 aromatic rings. The number of nitrogens with one attached hydrogen (secondary N) is 1. The maximum Gasteiger partial charge on any atom is 0.233 e. The lowest BCUT2D eigenvalue weighted by Gasteiger charge is -2.19. The lowest BCUT2D eigenvalue weighted by atomic mass is 10.2. The highest BCUT2D eigenvalue weighted by Gasteiger charge is 2.31. The molecule has 0 spiro atoms. The van der Waals surface area contributed by atoms with Crippen LogP contribution in [-0.2, 0) is 4.79 Å². The van der Waals surface area contributed by atoms with E-state index in [9.17, 15) is 4.79 Å². The lowest BCUT2D eigenvalue weighted by molar-refractivity contribution is -0.121. The molecule has 5 heteroatoms. The van der Waals surface area contributed by atoms with Crippen molar-refractivity contribution in [2.75, 3.05) is 12.3 Å². The van der Waals surface area contributed by atoms with Gasteiger partial charge in [0.1, 0.15) is 0 Å². The van der Waals surface area contributed by atoms with Gasteiger partial charge in [0, 0.05) is 12.6 Å². The summed E-state index contributed by atoms with van der Waals surface area (Å²) in [6.07, 6.45) is 4.82. The molecule has 1 saturated carbocycles. The Balaban J connectivity index is 0.00000256. The summed E-state index contributed by atoms with van der Waals surface area (Å²) in [7, 11) is 0. The fraction of sp³-hybridized carbons (Fsp3) is 0.917. The predicted molar refractivity (Wildman–Crippen MR) is 77.8 cm³/mol. The smallest absolute Gasteiger partial charge is 0.233 e. The molecule has 1 aliphatic carbocycles. The second kappa shape index (κ2) is 9.06. The van der Waals surface area contributed by atoms with E-state index in [0.717, 1.165) is 5.75 Å². The molecule has 0 aliphatic heterocycles. The number of carbonyl (C=O) groups is 1. The lowest BCUT2D eigenvalue weighted by Crippen LogP contribution is -2.44. The topological polar surface area (TPSA) is 55.1 Å². The van der Waals surface area contributed by atoms with Gasteiger partial charge in [-0.1, -0.05) is 13.3 Å². The highest BCUT2D eigenvalue weighted by atomic mass is 35.5. The zero-order valence-corrected chi connectivity index (χ0v) is 12.4. The summed E-state index contributed by atoms with van der Waals surface area (Å²) < 4.78 is 0. The van der Waals surface area contributed by atoms with Crippen molar-refractivity contribution in [2.45, 2.75) is 50.8 Å². The molecular weight excluding hydrogens is 256 g/mol. The Morgan fingerprint density at radius 1 is 1.53 bits per heavy atom. The first-order chi connectivity index (χ1) is 7.69. The van der Waals surface area contributed by atoms with Gasteiger partial charge in [-0.25, -0.2) is 0 Å². The first-order valence-electron chi connectivity index (χ1n) is 6.31. The summed E-state index contributed by atoms with van der Waals surface area (Å²) in [6, 6.07) is 0.210. The van der Waals surface area contributed by atoms with Gasteiger partial charge >= 0.3 is 0 Å². The number of thioether (sulfide) groups is 1. The third-order valence-corrected chi connectivity index (χ3v) is 4.25. The third kappa shape index (κ3) is 6.53. The van der Waals surface area contributed by atoms with E-state index < -0.39 is 0 Å². The normalized spacial score (nSPS) is 18.1. The van der Waals surface area contributed by atoms with Crippen LogP contribution in [0.4, 0.5) is 0 Å². The number of hydrogen-bond acceptors (Lipinski definition) is 3.